The van der Waals surface area contributed by atoms with Crippen molar-refractivity contribution < 1.29 is 29.1 Å². The van der Waals surface area contributed by atoms with Crippen LogP contribution in [0.3, 0.4) is 0 Å². The number of amides is 2. The van der Waals surface area contributed by atoms with Crippen LogP contribution in [0.1, 0.15) is 0 Å². The molecule has 3 heterocycles. The van der Waals surface area contributed by atoms with E-state index in [2.05, 4.69) is 10.3 Å². The van der Waals surface area contributed by atoms with Gasteiger partial charge in [-0.1, -0.05) is 6.07 Å². The van der Waals surface area contributed by atoms with Gasteiger partial charge in [-0.05, 0) is 11.6 Å². The quantitative estimate of drug-likeness (QED) is 0.406. The number of thioether (sulfide) groups is 1. The molecule has 2 unspecified atom stereocenters. The predicted octanol–water partition coefficient (Wildman–Crippen LogP) is -1.08. The summed E-state index contributed by atoms with van der Waals surface area (Å²) in [6, 6.07) is 3.97. The Bertz CT molecular complexity index is 772. The summed E-state index contributed by atoms with van der Waals surface area (Å²) in [5.41, 5.74) is 0.0249. The molecule has 26 heavy (non-hydrogen) atoms. The minimum Gasteiger partial charge on any atom is -0.610 e. The van der Waals surface area contributed by atoms with Gasteiger partial charge in [-0.15, -0.1) is 11.8 Å². The van der Waals surface area contributed by atoms with Crippen molar-refractivity contribution in [2.75, 3.05) is 18.1 Å². The maximum atomic E-state index is 12.3. The Labute approximate surface area is 155 Å². The lowest BCUT2D eigenvalue weighted by molar-refractivity contribution is -0.150. The number of fused-ring (bicyclic) bond motifs is 1. The number of carbonyl (C=O) groups is 3. The van der Waals surface area contributed by atoms with Crippen LogP contribution in [-0.4, -0.2) is 72.0 Å². The second-order valence-corrected chi connectivity index (χ2v) is 8.03. The predicted molar refractivity (Wildman–Crippen MR) is 92.3 cm³/mol. The largest absolute Gasteiger partial charge is 0.610 e. The lowest BCUT2D eigenvalue weighted by Gasteiger charge is -2.49. The Morgan fingerprint density at radius 3 is 2.85 bits per heavy atom. The number of nitrogens with one attached hydrogen (secondary N) is 1. The summed E-state index contributed by atoms with van der Waals surface area (Å²) >= 11 is -0.385. The Balaban J connectivity index is 1.64. The van der Waals surface area contributed by atoms with E-state index in [0.717, 1.165) is 4.90 Å². The molecule has 11 heteroatoms. The van der Waals surface area contributed by atoms with E-state index in [1.54, 1.807) is 12.1 Å². The molecular weight excluding hydrogens is 382 g/mol. The van der Waals surface area contributed by atoms with E-state index < -0.39 is 47.0 Å². The number of carbonyl (C=O) groups excluding carboxylic acids is 2. The first-order valence-electron chi connectivity index (χ1n) is 7.53. The standard InChI is InChI=1S/C15H15N3O6S2/c19-5-8-6-25-14-11(13(21)18(14)12(8)15(22)23)17-9(20)7-26(24)10-3-1-2-4-16-10/h1-4,11,14,19H,5-7H2,(H,17,20)(H,22,23)/t11?,14-,26?/m0/s1. The molecule has 2 aliphatic heterocycles. The number of nitrogens with zero attached hydrogens (tertiary/aromatic N) is 2. The highest BCUT2D eigenvalue weighted by Crippen LogP contribution is 2.40. The zero-order valence-corrected chi connectivity index (χ0v) is 15.0. The van der Waals surface area contributed by atoms with Crippen molar-refractivity contribution >= 4 is 40.7 Å². The highest BCUT2D eigenvalue weighted by atomic mass is 32.2. The van der Waals surface area contributed by atoms with E-state index in [-0.39, 0.29) is 27.8 Å². The molecule has 0 radical (unpaired) electrons. The van der Waals surface area contributed by atoms with E-state index in [1.807, 2.05) is 0 Å². The summed E-state index contributed by atoms with van der Waals surface area (Å²) in [5.74, 6) is -2.54. The molecule has 0 saturated carbocycles. The van der Waals surface area contributed by atoms with Gasteiger partial charge in [-0.25, -0.2) is 9.78 Å². The average molecular weight is 397 g/mol. The Hall–Kier alpha value is -2.08. The molecule has 9 nitrogen and oxygen atoms in total. The van der Waals surface area contributed by atoms with Crippen molar-refractivity contribution in [2.45, 2.75) is 16.4 Å². The van der Waals surface area contributed by atoms with E-state index in [4.69, 9.17) is 0 Å². The van der Waals surface area contributed by atoms with Gasteiger partial charge in [0.05, 0.1) is 6.61 Å². The first-order valence-corrected chi connectivity index (χ1v) is 9.90. The summed E-state index contributed by atoms with van der Waals surface area (Å²) in [7, 11) is 0. The number of β-lactam (4-membered cyclic amide) rings is 1. The molecule has 0 bridgehead atoms. The monoisotopic (exact) mass is 397 g/mol. The number of aliphatic carboxylic acids is 1. The van der Waals surface area contributed by atoms with Crippen molar-refractivity contribution in [2.24, 2.45) is 0 Å². The van der Waals surface area contributed by atoms with E-state index in [9.17, 15) is 29.1 Å². The highest BCUT2D eigenvalue weighted by molar-refractivity contribution is 8.00. The molecule has 1 fully saturated rings. The highest BCUT2D eigenvalue weighted by Gasteiger charge is 2.54. The lowest BCUT2D eigenvalue weighted by atomic mass is 10.0. The van der Waals surface area contributed by atoms with Crippen LogP contribution in [0.25, 0.3) is 0 Å². The SMILES string of the molecule is O=C(C[S+]([O-])c1ccccn1)NC1C(=O)N2C(C(=O)O)=C(CO)CS[C@@H]12. The summed E-state index contributed by atoms with van der Waals surface area (Å²) in [6.45, 7) is -0.453. The number of pyridine rings is 1. The summed E-state index contributed by atoms with van der Waals surface area (Å²) < 4.78 is 12.1. The van der Waals surface area contributed by atoms with Crippen LogP contribution in [0, 0.1) is 0 Å². The van der Waals surface area contributed by atoms with Crippen LogP contribution >= 0.6 is 11.8 Å². The average Bonchev–Trinajstić information content (AvgIpc) is 2.65. The van der Waals surface area contributed by atoms with Gasteiger partial charge in [-0.3, -0.25) is 14.5 Å². The van der Waals surface area contributed by atoms with Gasteiger partial charge in [0.25, 0.3) is 11.8 Å². The van der Waals surface area contributed by atoms with Crippen LogP contribution in [0.4, 0.5) is 0 Å². The van der Waals surface area contributed by atoms with Crippen molar-refractivity contribution in [1.82, 2.24) is 15.2 Å². The van der Waals surface area contributed by atoms with Gasteiger partial charge in [0.15, 0.2) is 5.75 Å². The second-order valence-electron chi connectivity index (χ2n) is 5.53. The van der Waals surface area contributed by atoms with Gasteiger partial charge in [-0.2, -0.15) is 0 Å². The molecule has 0 aromatic carbocycles. The number of aliphatic hydroxyl groups excluding tert-OH is 1. The smallest absolute Gasteiger partial charge is 0.352 e. The zero-order chi connectivity index (χ0) is 18.8. The summed E-state index contributed by atoms with van der Waals surface area (Å²) in [4.78, 5) is 40.8. The number of hydrogen-bond acceptors (Lipinski definition) is 7. The Kier molecular flexibility index (Phi) is 5.51. The van der Waals surface area contributed by atoms with Crippen molar-refractivity contribution in [3.8, 4) is 0 Å². The van der Waals surface area contributed by atoms with Crippen molar-refractivity contribution in [3.63, 3.8) is 0 Å². The number of carboxylic acids is 1. The Morgan fingerprint density at radius 2 is 2.23 bits per heavy atom. The molecule has 1 aromatic rings. The molecule has 3 N–H and O–H groups in total. The molecule has 1 aromatic heterocycles. The summed E-state index contributed by atoms with van der Waals surface area (Å²) in [6.07, 6.45) is 1.47. The van der Waals surface area contributed by atoms with Crippen LogP contribution in [0.5, 0.6) is 0 Å². The van der Waals surface area contributed by atoms with E-state index >= 15 is 0 Å². The second kappa shape index (κ2) is 7.66. The van der Waals surface area contributed by atoms with Crippen molar-refractivity contribution in [1.29, 1.82) is 0 Å². The van der Waals surface area contributed by atoms with Gasteiger partial charge >= 0.3 is 5.97 Å². The van der Waals surface area contributed by atoms with Gasteiger partial charge in [0, 0.05) is 29.2 Å². The fourth-order valence-electron chi connectivity index (χ4n) is 2.69. The summed E-state index contributed by atoms with van der Waals surface area (Å²) in [5, 5.41) is 20.8. The van der Waals surface area contributed by atoms with E-state index in [0.29, 0.717) is 0 Å². The minimum atomic E-state index is -1.64. The van der Waals surface area contributed by atoms with Crippen molar-refractivity contribution in [3.05, 3.63) is 35.7 Å². The molecule has 1 saturated heterocycles. The van der Waals surface area contributed by atoms with Gasteiger partial charge < -0.3 is 20.1 Å². The van der Waals surface area contributed by atoms with Crippen LogP contribution in [-0.2, 0) is 25.6 Å². The zero-order valence-electron chi connectivity index (χ0n) is 13.3. The van der Waals surface area contributed by atoms with Gasteiger partial charge in [0.2, 0.25) is 5.03 Å². The molecule has 3 rings (SSSR count). The number of hydrogen-bond donors (Lipinski definition) is 3. The minimum absolute atomic E-state index is 0.233. The lowest BCUT2D eigenvalue weighted by Crippen LogP contribution is -2.71. The third-order valence-electron chi connectivity index (χ3n) is 3.89. The molecule has 2 amide bonds. The van der Waals surface area contributed by atoms with Crippen LogP contribution < -0.4 is 5.32 Å². The topological polar surface area (TPSA) is 143 Å². The third kappa shape index (κ3) is 3.43. The number of aromatic nitrogens is 1. The van der Waals surface area contributed by atoms with E-state index in [1.165, 1.54) is 24.0 Å². The first kappa shape index (κ1) is 18.7. The normalized spacial score (nSPS) is 23.2. The molecule has 2 aliphatic rings. The fraction of sp³-hybridized carbons (Fsp3) is 0.333. The number of carboxylic acid groups (broad SMARTS) is 1. The molecular formula is C15H15N3O6S2. The first-order chi connectivity index (χ1) is 12.4. The number of aliphatic hydroxyl groups is 1. The number of rotatable bonds is 6. The maximum absolute atomic E-state index is 12.3. The van der Waals surface area contributed by atoms with Gasteiger partial charge in [0.1, 0.15) is 17.1 Å². The fourth-order valence-corrected chi connectivity index (χ4v) is 4.91. The van der Waals surface area contributed by atoms with Crippen LogP contribution in [0.2, 0.25) is 0 Å². The van der Waals surface area contributed by atoms with Crippen LogP contribution in [0.15, 0.2) is 40.7 Å². The maximum Gasteiger partial charge on any atom is 0.352 e. The molecule has 3 atom stereocenters. The Morgan fingerprint density at radius 1 is 1.46 bits per heavy atom. The molecule has 0 spiro atoms. The third-order valence-corrected chi connectivity index (χ3v) is 6.46. The molecule has 0 aliphatic carbocycles. The molecule has 138 valence electrons.